The third-order valence-corrected chi connectivity index (χ3v) is 4.49. The Morgan fingerprint density at radius 1 is 1.04 bits per heavy atom. The molecule has 5 heteroatoms. The highest BCUT2D eigenvalue weighted by Crippen LogP contribution is 2.23. The van der Waals surface area contributed by atoms with Crippen molar-refractivity contribution in [1.82, 2.24) is 0 Å². The van der Waals surface area contributed by atoms with Crippen molar-refractivity contribution in [1.29, 1.82) is 0 Å². The molecule has 0 bridgehead atoms. The van der Waals surface area contributed by atoms with Gasteiger partial charge in [0, 0.05) is 12.0 Å². The minimum absolute atomic E-state index is 0.153. The zero-order valence-corrected chi connectivity index (χ0v) is 17.3. The highest BCUT2D eigenvalue weighted by atomic mass is 16.5. The van der Waals surface area contributed by atoms with Gasteiger partial charge in [-0.3, -0.25) is 0 Å². The Morgan fingerprint density at radius 2 is 1.75 bits per heavy atom. The quantitative estimate of drug-likeness (QED) is 0.653. The summed E-state index contributed by atoms with van der Waals surface area (Å²) in [6.07, 6.45) is -0.737. The van der Waals surface area contributed by atoms with E-state index in [1.165, 1.54) is 11.1 Å². The largest absolute Gasteiger partial charge is 0.496 e. The molecule has 28 heavy (non-hydrogen) atoms. The van der Waals surface area contributed by atoms with Crippen LogP contribution in [0.3, 0.4) is 0 Å². The molecule has 1 unspecified atom stereocenters. The molecule has 0 spiro atoms. The molecule has 2 rings (SSSR count). The number of benzene rings is 2. The third-order valence-electron chi connectivity index (χ3n) is 4.49. The van der Waals surface area contributed by atoms with E-state index in [1.54, 1.807) is 7.11 Å². The van der Waals surface area contributed by atoms with Crippen LogP contribution in [0.25, 0.3) is 0 Å². The number of carboxylic acid groups (broad SMARTS) is 1. The molecular weight excluding hydrogens is 356 g/mol. The molecule has 0 amide bonds. The van der Waals surface area contributed by atoms with Crippen molar-refractivity contribution in [2.75, 3.05) is 7.11 Å². The lowest BCUT2D eigenvalue weighted by molar-refractivity contribution is -0.153. The first-order chi connectivity index (χ1) is 13.3. The summed E-state index contributed by atoms with van der Waals surface area (Å²) in [5, 5.41) is 9.39. The molecule has 0 fully saturated rings. The van der Waals surface area contributed by atoms with Gasteiger partial charge in [0.1, 0.15) is 5.75 Å². The zero-order chi connectivity index (χ0) is 20.7. The minimum Gasteiger partial charge on any atom is -0.496 e. The molecule has 1 N–H and O–H groups in total. The highest BCUT2D eigenvalue weighted by molar-refractivity contribution is 5.72. The topological polar surface area (TPSA) is 65.0 Å². The number of carbonyl (C=O) groups is 1. The monoisotopic (exact) mass is 386 g/mol. The number of carboxylic acids is 1. The molecule has 1 atom stereocenters. The standard InChI is InChI=1S/C23H30O5/c1-15(2)28-22(23(24)25)12-18-7-9-21(26-5)20(11-18)14-27-13-19-8-6-16(3)10-17(19)4/h6-11,15,22H,12-14H2,1-5H3,(H,24,25). The van der Waals surface area contributed by atoms with Crippen molar-refractivity contribution in [3.8, 4) is 5.75 Å². The molecule has 0 aliphatic carbocycles. The van der Waals surface area contributed by atoms with Crippen molar-refractivity contribution in [2.24, 2.45) is 0 Å². The van der Waals surface area contributed by atoms with Crippen LogP contribution in [-0.4, -0.2) is 30.4 Å². The van der Waals surface area contributed by atoms with Crippen LogP contribution >= 0.6 is 0 Å². The molecule has 2 aromatic rings. The van der Waals surface area contributed by atoms with Crippen LogP contribution in [0, 0.1) is 13.8 Å². The summed E-state index contributed by atoms with van der Waals surface area (Å²) >= 11 is 0. The number of rotatable bonds is 10. The smallest absolute Gasteiger partial charge is 0.333 e. The second kappa shape index (κ2) is 10.2. The maximum absolute atomic E-state index is 11.5. The molecule has 0 aliphatic rings. The van der Waals surface area contributed by atoms with Crippen molar-refractivity contribution in [3.05, 3.63) is 64.2 Å². The van der Waals surface area contributed by atoms with Crippen molar-refractivity contribution in [2.45, 2.75) is 59.5 Å². The van der Waals surface area contributed by atoms with E-state index in [0.717, 1.165) is 22.4 Å². The van der Waals surface area contributed by atoms with E-state index in [2.05, 4.69) is 32.0 Å². The molecule has 0 radical (unpaired) electrons. The number of methoxy groups -OCH3 is 1. The van der Waals surface area contributed by atoms with E-state index < -0.39 is 12.1 Å². The van der Waals surface area contributed by atoms with Crippen LogP contribution in [0.2, 0.25) is 0 Å². The van der Waals surface area contributed by atoms with Gasteiger partial charge in [-0.1, -0.05) is 29.8 Å². The lowest BCUT2D eigenvalue weighted by Crippen LogP contribution is -2.29. The van der Waals surface area contributed by atoms with E-state index >= 15 is 0 Å². The van der Waals surface area contributed by atoms with Crippen molar-refractivity contribution >= 4 is 5.97 Å². The Kier molecular flexibility index (Phi) is 8.03. The van der Waals surface area contributed by atoms with E-state index in [-0.39, 0.29) is 6.10 Å². The molecule has 0 saturated carbocycles. The molecular formula is C23H30O5. The lowest BCUT2D eigenvalue weighted by Gasteiger charge is -2.18. The van der Waals surface area contributed by atoms with E-state index in [0.29, 0.717) is 19.6 Å². The first-order valence-corrected chi connectivity index (χ1v) is 9.48. The second-order valence-corrected chi connectivity index (χ2v) is 7.28. The van der Waals surface area contributed by atoms with Gasteiger partial charge in [0.05, 0.1) is 26.4 Å². The van der Waals surface area contributed by atoms with E-state index in [1.807, 2.05) is 32.0 Å². The van der Waals surface area contributed by atoms with Crippen molar-refractivity contribution in [3.63, 3.8) is 0 Å². The van der Waals surface area contributed by atoms with Gasteiger partial charge in [0.2, 0.25) is 0 Å². The normalized spacial score (nSPS) is 12.2. The van der Waals surface area contributed by atoms with Crippen molar-refractivity contribution < 1.29 is 24.1 Å². The number of ether oxygens (including phenoxy) is 3. The maximum atomic E-state index is 11.5. The van der Waals surface area contributed by atoms with Gasteiger partial charge in [-0.05, 0) is 56.5 Å². The summed E-state index contributed by atoms with van der Waals surface area (Å²) < 4.78 is 16.9. The summed E-state index contributed by atoms with van der Waals surface area (Å²) in [6, 6.07) is 11.9. The van der Waals surface area contributed by atoms with Crippen LogP contribution in [0.4, 0.5) is 0 Å². The van der Waals surface area contributed by atoms with Crippen LogP contribution in [0.5, 0.6) is 5.75 Å². The molecule has 0 aliphatic heterocycles. The fourth-order valence-electron chi connectivity index (χ4n) is 3.09. The summed E-state index contributed by atoms with van der Waals surface area (Å²) in [6.45, 7) is 8.70. The Bertz CT molecular complexity index is 798. The Balaban J connectivity index is 2.08. The van der Waals surface area contributed by atoms with E-state index in [9.17, 15) is 9.90 Å². The number of aliphatic carboxylic acids is 1. The average molecular weight is 386 g/mol. The summed E-state index contributed by atoms with van der Waals surface area (Å²) in [7, 11) is 1.62. The first-order valence-electron chi connectivity index (χ1n) is 9.48. The van der Waals surface area contributed by atoms with E-state index in [4.69, 9.17) is 14.2 Å². The number of hydrogen-bond donors (Lipinski definition) is 1. The second-order valence-electron chi connectivity index (χ2n) is 7.28. The number of aryl methyl sites for hydroxylation is 2. The predicted octanol–water partition coefficient (Wildman–Crippen LogP) is 4.45. The predicted molar refractivity (Wildman–Crippen MR) is 109 cm³/mol. The van der Waals surface area contributed by atoms with Crippen LogP contribution in [0.15, 0.2) is 36.4 Å². The Hall–Kier alpha value is -2.37. The molecule has 0 heterocycles. The van der Waals surface area contributed by atoms with Crippen LogP contribution in [0.1, 0.15) is 41.7 Å². The maximum Gasteiger partial charge on any atom is 0.333 e. The molecule has 0 aromatic heterocycles. The summed E-state index contributed by atoms with van der Waals surface area (Å²) in [4.78, 5) is 11.5. The average Bonchev–Trinajstić information content (AvgIpc) is 2.63. The Labute approximate surface area is 167 Å². The van der Waals surface area contributed by atoms with Gasteiger partial charge >= 0.3 is 5.97 Å². The summed E-state index contributed by atoms with van der Waals surface area (Å²) in [5.41, 5.74) is 5.34. The van der Waals surface area contributed by atoms with Gasteiger partial charge in [-0.25, -0.2) is 4.79 Å². The lowest BCUT2D eigenvalue weighted by atomic mass is 10.0. The minimum atomic E-state index is -0.961. The SMILES string of the molecule is COc1ccc(CC(OC(C)C)C(=O)O)cc1COCc1ccc(C)cc1C. The van der Waals surface area contributed by atoms with Gasteiger partial charge in [0.15, 0.2) is 6.10 Å². The van der Waals surface area contributed by atoms with Gasteiger partial charge in [-0.2, -0.15) is 0 Å². The summed E-state index contributed by atoms with van der Waals surface area (Å²) in [5.74, 6) is -0.238. The Morgan fingerprint density at radius 3 is 2.36 bits per heavy atom. The van der Waals surface area contributed by atoms with Gasteiger partial charge < -0.3 is 19.3 Å². The first kappa shape index (κ1) is 21.9. The van der Waals surface area contributed by atoms with Gasteiger partial charge in [-0.15, -0.1) is 0 Å². The molecule has 5 nitrogen and oxygen atoms in total. The molecule has 0 saturated heterocycles. The fourth-order valence-corrected chi connectivity index (χ4v) is 3.09. The zero-order valence-electron chi connectivity index (χ0n) is 17.3. The fraction of sp³-hybridized carbons (Fsp3) is 0.435. The van der Waals surface area contributed by atoms with Crippen LogP contribution < -0.4 is 4.74 Å². The number of hydrogen-bond acceptors (Lipinski definition) is 4. The third kappa shape index (κ3) is 6.36. The highest BCUT2D eigenvalue weighted by Gasteiger charge is 2.20. The molecule has 2 aromatic carbocycles. The van der Waals surface area contributed by atoms with Gasteiger partial charge in [0.25, 0.3) is 0 Å². The van der Waals surface area contributed by atoms with Crippen LogP contribution in [-0.2, 0) is 33.9 Å². The molecule has 152 valence electrons.